The quantitative estimate of drug-likeness (QED) is 0.404. The number of aromatic amines is 1. The van der Waals surface area contributed by atoms with Gasteiger partial charge < -0.3 is 20.2 Å². The molecule has 0 radical (unpaired) electrons. The normalized spacial score (nSPS) is 10.8. The second kappa shape index (κ2) is 6.96. The number of furan rings is 1. The smallest absolute Gasteiger partial charge is 0.371 e. The lowest BCUT2D eigenvalue weighted by Crippen LogP contribution is -2.20. The second-order valence-corrected chi connectivity index (χ2v) is 6.02. The van der Waals surface area contributed by atoms with Crippen LogP contribution in [0.4, 0.5) is 11.5 Å². The van der Waals surface area contributed by atoms with Crippen molar-refractivity contribution in [3.63, 3.8) is 0 Å². The van der Waals surface area contributed by atoms with Crippen LogP contribution in [0.5, 0.6) is 0 Å². The molecule has 0 atom stereocenters. The van der Waals surface area contributed by atoms with Crippen LogP contribution in [0.2, 0.25) is 0 Å². The molecule has 29 heavy (non-hydrogen) atoms. The Kier molecular flexibility index (Phi) is 4.31. The average molecular weight is 394 g/mol. The summed E-state index contributed by atoms with van der Waals surface area (Å²) in [5, 5.41) is 24.7. The number of aryl methyl sites for hydroxylation is 1. The number of hydrogen-bond acceptors (Lipinski definition) is 6. The highest BCUT2D eigenvalue weighted by molar-refractivity contribution is 6.13. The zero-order valence-electron chi connectivity index (χ0n) is 15.0. The first-order valence-electron chi connectivity index (χ1n) is 8.35. The molecular weight excluding hydrogens is 380 g/mol. The Morgan fingerprint density at radius 1 is 1.14 bits per heavy atom. The Hall–Kier alpha value is -4.41. The van der Waals surface area contributed by atoms with E-state index in [1.54, 1.807) is 31.3 Å². The van der Waals surface area contributed by atoms with Crippen molar-refractivity contribution in [3.05, 3.63) is 59.6 Å². The summed E-state index contributed by atoms with van der Waals surface area (Å²) in [7, 11) is 1.63. The summed E-state index contributed by atoms with van der Waals surface area (Å²) in [5.41, 5.74) is 1.23. The zero-order valence-corrected chi connectivity index (χ0v) is 15.0. The van der Waals surface area contributed by atoms with Gasteiger partial charge in [-0.25, -0.2) is 4.79 Å². The van der Waals surface area contributed by atoms with Crippen molar-refractivity contribution in [3.8, 4) is 0 Å². The summed E-state index contributed by atoms with van der Waals surface area (Å²) >= 11 is 0. The van der Waals surface area contributed by atoms with Gasteiger partial charge in [-0.2, -0.15) is 10.2 Å². The number of nitrogens with one attached hydrogen (secondary N) is 3. The number of H-pyrrole nitrogens is 1. The van der Waals surface area contributed by atoms with E-state index < -0.39 is 17.8 Å². The number of hydrogen-bond donors (Lipinski definition) is 4. The maximum absolute atomic E-state index is 12.8. The fourth-order valence-corrected chi connectivity index (χ4v) is 2.75. The number of carbonyl (C=O) groups excluding carboxylic acids is 2. The van der Waals surface area contributed by atoms with Gasteiger partial charge in [-0.15, -0.1) is 0 Å². The van der Waals surface area contributed by atoms with E-state index in [1.165, 1.54) is 23.0 Å². The SMILES string of the molecule is Cn1nccc1C(=O)Nc1ccccc1C(=O)Nc1n[nH]c2cc(C(=O)O)oc12. The molecule has 0 aliphatic heterocycles. The van der Waals surface area contributed by atoms with Crippen molar-refractivity contribution < 1.29 is 23.9 Å². The molecule has 11 heteroatoms. The third-order valence-corrected chi connectivity index (χ3v) is 4.15. The first kappa shape index (κ1) is 18.0. The van der Waals surface area contributed by atoms with Crippen LogP contribution < -0.4 is 10.6 Å². The summed E-state index contributed by atoms with van der Waals surface area (Å²) in [6, 6.07) is 9.25. The van der Waals surface area contributed by atoms with E-state index in [9.17, 15) is 14.4 Å². The lowest BCUT2D eigenvalue weighted by Gasteiger charge is -2.10. The summed E-state index contributed by atoms with van der Waals surface area (Å²) in [5.74, 6) is -2.48. The molecule has 0 spiro atoms. The Morgan fingerprint density at radius 3 is 2.66 bits per heavy atom. The maximum atomic E-state index is 12.8. The summed E-state index contributed by atoms with van der Waals surface area (Å²) in [6.45, 7) is 0. The Bertz CT molecular complexity index is 1250. The van der Waals surface area contributed by atoms with E-state index in [0.29, 0.717) is 11.2 Å². The lowest BCUT2D eigenvalue weighted by molar-refractivity contribution is 0.0664. The number of carboxylic acids is 1. The van der Waals surface area contributed by atoms with Crippen molar-refractivity contribution in [2.24, 2.45) is 7.05 Å². The molecule has 0 aliphatic carbocycles. The molecule has 3 heterocycles. The van der Waals surface area contributed by atoms with E-state index in [-0.39, 0.29) is 28.4 Å². The topological polar surface area (TPSA) is 155 Å². The molecule has 0 saturated heterocycles. The molecule has 0 saturated carbocycles. The fourth-order valence-electron chi connectivity index (χ4n) is 2.75. The van der Waals surface area contributed by atoms with Crippen LogP contribution in [0.3, 0.4) is 0 Å². The van der Waals surface area contributed by atoms with Gasteiger partial charge in [0.15, 0.2) is 11.4 Å². The summed E-state index contributed by atoms with van der Waals surface area (Å²) in [4.78, 5) is 36.2. The monoisotopic (exact) mass is 394 g/mol. The molecule has 3 aromatic heterocycles. The number of nitrogens with zero attached hydrogens (tertiary/aromatic N) is 3. The van der Waals surface area contributed by atoms with Crippen molar-refractivity contribution in [1.82, 2.24) is 20.0 Å². The van der Waals surface area contributed by atoms with Gasteiger partial charge in [0.1, 0.15) is 11.2 Å². The van der Waals surface area contributed by atoms with Gasteiger partial charge in [-0.1, -0.05) is 12.1 Å². The van der Waals surface area contributed by atoms with Gasteiger partial charge in [-0.05, 0) is 18.2 Å². The van der Waals surface area contributed by atoms with Crippen molar-refractivity contribution in [2.45, 2.75) is 0 Å². The van der Waals surface area contributed by atoms with E-state index in [1.807, 2.05) is 0 Å². The molecular formula is C18H14N6O5. The van der Waals surface area contributed by atoms with E-state index in [4.69, 9.17) is 9.52 Å². The fraction of sp³-hybridized carbons (Fsp3) is 0.0556. The number of aromatic carboxylic acids is 1. The number of anilines is 2. The van der Waals surface area contributed by atoms with Crippen LogP contribution in [0.15, 0.2) is 47.0 Å². The Balaban J connectivity index is 1.59. The molecule has 1 aromatic carbocycles. The molecule has 0 fully saturated rings. The number of carbonyl (C=O) groups is 3. The molecule has 11 nitrogen and oxygen atoms in total. The minimum Gasteiger partial charge on any atom is -0.475 e. The molecule has 146 valence electrons. The van der Waals surface area contributed by atoms with Gasteiger partial charge in [0.2, 0.25) is 5.76 Å². The summed E-state index contributed by atoms with van der Waals surface area (Å²) in [6.07, 6.45) is 1.49. The molecule has 4 aromatic rings. The van der Waals surface area contributed by atoms with Crippen LogP contribution in [-0.2, 0) is 7.05 Å². The molecule has 4 N–H and O–H groups in total. The molecule has 0 bridgehead atoms. The zero-order chi connectivity index (χ0) is 20.5. The number of para-hydroxylation sites is 1. The van der Waals surface area contributed by atoms with Gasteiger partial charge in [-0.3, -0.25) is 19.4 Å². The standard InChI is InChI=1S/C18H14N6O5/c1-24-12(6-7-19-24)17(26)20-10-5-3-2-4-9(10)16(25)21-15-14-11(22-23-15)8-13(29-14)18(27)28/h2-8H,1H3,(H,20,26)(H,27,28)(H2,21,22,23,25). The van der Waals surface area contributed by atoms with Gasteiger partial charge in [0.05, 0.1) is 11.3 Å². The predicted octanol–water partition coefficient (Wildman–Crippen LogP) is 2.09. The van der Waals surface area contributed by atoms with Crippen LogP contribution in [0.1, 0.15) is 31.4 Å². The largest absolute Gasteiger partial charge is 0.475 e. The van der Waals surface area contributed by atoms with Crippen molar-refractivity contribution in [1.29, 1.82) is 0 Å². The molecule has 4 rings (SSSR count). The highest BCUT2D eigenvalue weighted by atomic mass is 16.4. The van der Waals surface area contributed by atoms with E-state index in [2.05, 4.69) is 25.9 Å². The maximum Gasteiger partial charge on any atom is 0.371 e. The van der Waals surface area contributed by atoms with E-state index >= 15 is 0 Å². The lowest BCUT2D eigenvalue weighted by atomic mass is 10.1. The number of carboxylic acid groups (broad SMARTS) is 1. The highest BCUT2D eigenvalue weighted by Gasteiger charge is 2.20. The first-order chi connectivity index (χ1) is 13.9. The minimum absolute atomic E-state index is 0.0327. The number of fused-ring (bicyclic) bond motifs is 1. The molecule has 0 aliphatic rings. The van der Waals surface area contributed by atoms with Crippen LogP contribution in [0, 0.1) is 0 Å². The molecule has 0 unspecified atom stereocenters. The number of rotatable bonds is 5. The van der Waals surface area contributed by atoms with Gasteiger partial charge in [0, 0.05) is 19.3 Å². The second-order valence-electron chi connectivity index (χ2n) is 6.02. The third-order valence-electron chi connectivity index (χ3n) is 4.15. The van der Waals surface area contributed by atoms with Crippen LogP contribution in [0.25, 0.3) is 11.1 Å². The number of benzene rings is 1. The van der Waals surface area contributed by atoms with E-state index in [0.717, 1.165) is 0 Å². The van der Waals surface area contributed by atoms with Crippen molar-refractivity contribution in [2.75, 3.05) is 10.6 Å². The van der Waals surface area contributed by atoms with Gasteiger partial charge >= 0.3 is 5.97 Å². The predicted molar refractivity (Wildman–Crippen MR) is 101 cm³/mol. The van der Waals surface area contributed by atoms with Gasteiger partial charge in [0.25, 0.3) is 11.8 Å². The average Bonchev–Trinajstić information content (AvgIpc) is 3.39. The third kappa shape index (κ3) is 3.32. The highest BCUT2D eigenvalue weighted by Crippen LogP contribution is 2.25. The Labute approximate surface area is 162 Å². The van der Waals surface area contributed by atoms with Crippen LogP contribution in [-0.4, -0.2) is 42.9 Å². The number of amides is 2. The Morgan fingerprint density at radius 2 is 1.93 bits per heavy atom. The summed E-state index contributed by atoms with van der Waals surface area (Å²) < 4.78 is 6.62. The van der Waals surface area contributed by atoms with Crippen LogP contribution >= 0.6 is 0 Å². The van der Waals surface area contributed by atoms with Crippen molar-refractivity contribution >= 4 is 40.4 Å². The molecule has 2 amide bonds. The minimum atomic E-state index is -1.24. The first-order valence-corrected chi connectivity index (χ1v) is 8.35. The number of aromatic nitrogens is 4.